The third kappa shape index (κ3) is 6.15. The minimum absolute atomic E-state index is 1.11. The zero-order valence-electron chi connectivity index (χ0n) is 36.8. The van der Waals surface area contributed by atoms with Gasteiger partial charge in [-0.3, -0.25) is 0 Å². The van der Waals surface area contributed by atoms with Gasteiger partial charge < -0.3 is 9.80 Å². The van der Waals surface area contributed by atoms with Crippen LogP contribution in [0.15, 0.2) is 243 Å². The molecule has 12 aromatic carbocycles. The smallest absolute Gasteiger partial charge is 0.0540 e. The monoisotopic (exact) mass is 900 g/mol. The van der Waals surface area contributed by atoms with Gasteiger partial charge in [0.15, 0.2) is 0 Å². The van der Waals surface area contributed by atoms with Gasteiger partial charge in [0.25, 0.3) is 0 Å². The van der Waals surface area contributed by atoms with Crippen molar-refractivity contribution in [2.45, 2.75) is 0 Å². The van der Waals surface area contributed by atoms with E-state index in [0.717, 1.165) is 34.1 Å². The van der Waals surface area contributed by atoms with Gasteiger partial charge in [0.05, 0.1) is 11.4 Å². The number of benzene rings is 12. The highest BCUT2D eigenvalue weighted by Crippen LogP contribution is 2.49. The molecular weight excluding hydrogens is 861 g/mol. The van der Waals surface area contributed by atoms with Crippen molar-refractivity contribution >= 4 is 129 Å². The molecule has 0 aliphatic heterocycles. The Kier molecular flexibility index (Phi) is 8.98. The van der Waals surface area contributed by atoms with Gasteiger partial charge in [-0.1, -0.05) is 170 Å². The highest BCUT2D eigenvalue weighted by atomic mass is 32.1. The van der Waals surface area contributed by atoms with E-state index in [0.29, 0.717) is 0 Å². The Morgan fingerprint density at radius 1 is 0.265 bits per heavy atom. The maximum Gasteiger partial charge on any atom is 0.0540 e. The van der Waals surface area contributed by atoms with Crippen molar-refractivity contribution < 1.29 is 0 Å². The molecule has 14 aromatic rings. The Bertz CT molecular complexity index is 3950. The van der Waals surface area contributed by atoms with Gasteiger partial charge >= 0.3 is 0 Å². The molecule has 0 saturated heterocycles. The first-order valence-corrected chi connectivity index (χ1v) is 24.8. The predicted octanol–water partition coefficient (Wildman–Crippen LogP) is 19.6. The average Bonchev–Trinajstić information content (AvgIpc) is 3.99. The summed E-state index contributed by atoms with van der Waals surface area (Å²) < 4.78 is 5.27. The molecular formula is C64H40N2S2. The van der Waals surface area contributed by atoms with E-state index in [2.05, 4.69) is 252 Å². The van der Waals surface area contributed by atoms with E-state index in [1.54, 1.807) is 0 Å². The molecule has 0 radical (unpaired) electrons. The maximum absolute atomic E-state index is 2.44. The van der Waals surface area contributed by atoms with E-state index in [-0.39, 0.29) is 0 Å². The number of nitrogens with zero attached hydrogens (tertiary/aromatic N) is 2. The van der Waals surface area contributed by atoms with E-state index in [1.807, 2.05) is 22.7 Å². The molecule has 0 spiro atoms. The van der Waals surface area contributed by atoms with Crippen molar-refractivity contribution in [2.24, 2.45) is 0 Å². The molecule has 0 amide bonds. The molecule has 14 rings (SSSR count). The van der Waals surface area contributed by atoms with Crippen molar-refractivity contribution in [1.82, 2.24) is 0 Å². The summed E-state index contributed by atoms with van der Waals surface area (Å²) in [5.74, 6) is 0. The molecule has 2 heterocycles. The Morgan fingerprint density at radius 2 is 0.647 bits per heavy atom. The van der Waals surface area contributed by atoms with Crippen LogP contribution in [0.4, 0.5) is 34.1 Å². The fourth-order valence-corrected chi connectivity index (χ4v) is 13.2. The van der Waals surface area contributed by atoms with E-state index >= 15 is 0 Å². The Balaban J connectivity index is 0.946. The molecule has 0 unspecified atom stereocenters. The molecule has 2 aromatic heterocycles. The van der Waals surface area contributed by atoms with Crippen LogP contribution in [0.25, 0.3) is 94.9 Å². The molecule has 0 fully saturated rings. The van der Waals surface area contributed by atoms with Crippen molar-refractivity contribution in [3.8, 4) is 22.3 Å². The maximum atomic E-state index is 2.44. The van der Waals surface area contributed by atoms with Gasteiger partial charge in [-0.2, -0.15) is 0 Å². The second-order valence-corrected chi connectivity index (χ2v) is 19.7. The molecule has 4 heteroatoms. The molecule has 318 valence electrons. The van der Waals surface area contributed by atoms with Crippen molar-refractivity contribution in [2.75, 3.05) is 9.80 Å². The Hall–Kier alpha value is -8.28. The van der Waals surface area contributed by atoms with Crippen LogP contribution in [0.3, 0.4) is 0 Å². The van der Waals surface area contributed by atoms with Crippen molar-refractivity contribution in [1.29, 1.82) is 0 Å². The molecule has 0 saturated carbocycles. The summed E-state index contributed by atoms with van der Waals surface area (Å²) in [6, 6.07) is 89.4. The first-order valence-electron chi connectivity index (χ1n) is 23.2. The average molecular weight is 901 g/mol. The van der Waals surface area contributed by atoms with Crippen LogP contribution in [-0.2, 0) is 0 Å². The number of anilines is 6. The predicted molar refractivity (Wildman–Crippen MR) is 296 cm³/mol. The molecule has 0 N–H and O–H groups in total. The van der Waals surface area contributed by atoms with E-state index in [4.69, 9.17) is 0 Å². The molecule has 0 atom stereocenters. The lowest BCUT2D eigenvalue weighted by Gasteiger charge is -2.29. The lowest BCUT2D eigenvalue weighted by Crippen LogP contribution is -2.11. The fraction of sp³-hybridized carbons (Fsp3) is 0. The van der Waals surface area contributed by atoms with Gasteiger partial charge in [-0.05, 0) is 117 Å². The van der Waals surface area contributed by atoms with Crippen LogP contribution in [0.5, 0.6) is 0 Å². The van der Waals surface area contributed by atoms with Gasteiger partial charge in [0.2, 0.25) is 0 Å². The van der Waals surface area contributed by atoms with Crippen LogP contribution in [0.2, 0.25) is 0 Å². The number of hydrogen-bond acceptors (Lipinski definition) is 4. The zero-order valence-corrected chi connectivity index (χ0v) is 38.4. The quantitative estimate of drug-likeness (QED) is 0.140. The number of hydrogen-bond donors (Lipinski definition) is 0. The van der Waals surface area contributed by atoms with E-state index in [1.165, 1.54) is 94.9 Å². The molecule has 2 nitrogen and oxygen atoms in total. The largest absolute Gasteiger partial charge is 0.310 e. The molecule has 68 heavy (non-hydrogen) atoms. The summed E-state index contributed by atoms with van der Waals surface area (Å²) in [6.07, 6.45) is 0. The second kappa shape index (κ2) is 15.7. The normalized spacial score (nSPS) is 11.8. The summed E-state index contributed by atoms with van der Waals surface area (Å²) >= 11 is 3.76. The van der Waals surface area contributed by atoms with Crippen LogP contribution in [0, 0.1) is 0 Å². The van der Waals surface area contributed by atoms with Crippen molar-refractivity contribution in [3.05, 3.63) is 243 Å². The summed E-state index contributed by atoms with van der Waals surface area (Å²) in [4.78, 5) is 4.89. The summed E-state index contributed by atoms with van der Waals surface area (Å²) in [7, 11) is 0. The number of para-hydroxylation sites is 2. The second-order valence-electron chi connectivity index (χ2n) is 17.6. The van der Waals surface area contributed by atoms with Gasteiger partial charge in [-0.15, -0.1) is 22.7 Å². The standard InChI is InChI=1S/C64H40N2S2/c1-3-17-45(18-4-1)65(47-21-11-15-43(39-47)49-25-13-27-53-51-23-7-9-29-59(51)67-63(49)53)57-37-33-41-32-36-56-58(38-34-42-31-35-55(57)61(41)62(42)56)66(46-19-5-2-6-20-46)48-22-12-16-44(40-48)50-26-14-28-54-52-24-8-10-30-60(52)68-64(50)54/h1-40H. The zero-order chi connectivity index (χ0) is 44.7. The molecule has 0 bridgehead atoms. The van der Waals surface area contributed by atoms with E-state index < -0.39 is 0 Å². The summed E-state index contributed by atoms with van der Waals surface area (Å²) in [5, 5.41) is 12.7. The van der Waals surface area contributed by atoms with Crippen LogP contribution < -0.4 is 9.80 Å². The van der Waals surface area contributed by atoms with Gasteiger partial charge in [-0.25, -0.2) is 0 Å². The molecule has 0 aliphatic rings. The molecule has 0 aliphatic carbocycles. The Morgan fingerprint density at radius 3 is 1.12 bits per heavy atom. The topological polar surface area (TPSA) is 6.48 Å². The van der Waals surface area contributed by atoms with Crippen LogP contribution in [0.1, 0.15) is 0 Å². The number of thiophene rings is 2. The van der Waals surface area contributed by atoms with E-state index in [9.17, 15) is 0 Å². The van der Waals surface area contributed by atoms with Gasteiger partial charge in [0, 0.05) is 73.9 Å². The SMILES string of the molecule is c1ccc(N(c2cccc(-c3cccc4c3sc3ccccc34)c2)c2ccc3ccc4c(N(c5ccccc5)c5cccc(-c6cccc7c6sc6ccccc67)c5)ccc5ccc2c3c54)cc1. The lowest BCUT2D eigenvalue weighted by atomic mass is 9.91. The lowest BCUT2D eigenvalue weighted by molar-refractivity contribution is 1.30. The summed E-state index contributed by atoms with van der Waals surface area (Å²) in [5.41, 5.74) is 11.7. The number of fused-ring (bicyclic) bond motifs is 6. The highest BCUT2D eigenvalue weighted by Gasteiger charge is 2.23. The van der Waals surface area contributed by atoms with Crippen molar-refractivity contribution in [3.63, 3.8) is 0 Å². The van der Waals surface area contributed by atoms with Gasteiger partial charge in [0.1, 0.15) is 0 Å². The van der Waals surface area contributed by atoms with Crippen LogP contribution >= 0.6 is 22.7 Å². The highest BCUT2D eigenvalue weighted by molar-refractivity contribution is 7.26. The fourth-order valence-electron chi connectivity index (χ4n) is 10.7. The number of rotatable bonds is 8. The minimum atomic E-state index is 1.11. The summed E-state index contributed by atoms with van der Waals surface area (Å²) in [6.45, 7) is 0. The third-order valence-electron chi connectivity index (χ3n) is 13.8. The minimum Gasteiger partial charge on any atom is -0.310 e. The first-order chi connectivity index (χ1) is 33.7. The third-order valence-corrected chi connectivity index (χ3v) is 16.2. The first kappa shape index (κ1) is 38.9. The van der Waals surface area contributed by atoms with Crippen LogP contribution in [-0.4, -0.2) is 0 Å². The Labute approximate surface area is 401 Å².